The molecule has 2 aliphatic heterocycles. The van der Waals surface area contributed by atoms with Crippen molar-refractivity contribution in [2.45, 2.75) is 32.7 Å². The lowest BCUT2D eigenvalue weighted by atomic mass is 9.93. The van der Waals surface area contributed by atoms with E-state index < -0.39 is 5.92 Å². The molecule has 9 nitrogen and oxygen atoms in total. The molecule has 30 heavy (non-hydrogen) atoms. The van der Waals surface area contributed by atoms with Crippen molar-refractivity contribution in [3.63, 3.8) is 0 Å². The molecule has 0 saturated heterocycles. The summed E-state index contributed by atoms with van der Waals surface area (Å²) in [4.78, 5) is 25.6. The standard InChI is InChI=1S/C21H21N7O2/c1-12-9-21(2,3)28(27-12)20-25-18(24-19(23)26-20)13(10-22)8-14-11-30-16-7-5-4-6-15(16)17(14)29/h4-8,14H,9,11H2,1-3H3,(H2,23,24,25,26)/b13-8-. The lowest BCUT2D eigenvalue weighted by molar-refractivity contribution is 0.0874. The fraction of sp³-hybridized carbons (Fsp3) is 0.333. The fourth-order valence-electron chi connectivity index (χ4n) is 3.69. The molecule has 2 N–H and O–H groups in total. The molecule has 1 unspecified atom stereocenters. The van der Waals surface area contributed by atoms with Gasteiger partial charge in [-0.1, -0.05) is 12.1 Å². The average Bonchev–Trinajstić information content (AvgIpc) is 2.99. The van der Waals surface area contributed by atoms with Gasteiger partial charge in [-0.2, -0.15) is 25.3 Å². The molecule has 0 aliphatic carbocycles. The number of benzene rings is 1. The smallest absolute Gasteiger partial charge is 0.252 e. The quantitative estimate of drug-likeness (QED) is 0.774. The number of fused-ring (bicyclic) bond motifs is 1. The van der Waals surface area contributed by atoms with Crippen LogP contribution < -0.4 is 15.5 Å². The number of hydrazone groups is 1. The Balaban J connectivity index is 1.70. The van der Waals surface area contributed by atoms with Crippen molar-refractivity contribution in [1.29, 1.82) is 5.26 Å². The van der Waals surface area contributed by atoms with Gasteiger partial charge in [-0.05, 0) is 39.0 Å². The van der Waals surface area contributed by atoms with Gasteiger partial charge in [0.25, 0.3) is 5.95 Å². The van der Waals surface area contributed by atoms with Crippen LogP contribution in [-0.4, -0.2) is 38.6 Å². The van der Waals surface area contributed by atoms with E-state index in [9.17, 15) is 10.1 Å². The number of nitrogens with zero attached hydrogens (tertiary/aromatic N) is 6. The van der Waals surface area contributed by atoms with Gasteiger partial charge in [-0.15, -0.1) is 0 Å². The van der Waals surface area contributed by atoms with E-state index in [0.717, 1.165) is 12.1 Å². The maximum Gasteiger partial charge on any atom is 0.252 e. The highest BCUT2D eigenvalue weighted by atomic mass is 16.5. The van der Waals surface area contributed by atoms with Crippen molar-refractivity contribution in [1.82, 2.24) is 15.0 Å². The Kier molecular flexibility index (Phi) is 4.70. The van der Waals surface area contributed by atoms with Gasteiger partial charge in [0.05, 0.1) is 22.6 Å². The van der Waals surface area contributed by atoms with E-state index in [-0.39, 0.29) is 41.2 Å². The van der Waals surface area contributed by atoms with E-state index in [1.807, 2.05) is 26.8 Å². The van der Waals surface area contributed by atoms with Gasteiger partial charge in [0, 0.05) is 12.1 Å². The largest absolute Gasteiger partial charge is 0.492 e. The molecule has 2 aromatic rings. The summed E-state index contributed by atoms with van der Waals surface area (Å²) < 4.78 is 5.68. The number of carbonyl (C=O) groups excluding carboxylic acids is 1. The third-order valence-electron chi connectivity index (χ3n) is 5.00. The van der Waals surface area contributed by atoms with Gasteiger partial charge in [0.15, 0.2) is 11.6 Å². The lowest BCUT2D eigenvalue weighted by Gasteiger charge is -2.28. The topological polar surface area (TPSA) is 130 Å². The maximum absolute atomic E-state index is 12.8. The van der Waals surface area contributed by atoms with Crippen LogP contribution in [0.2, 0.25) is 0 Å². The normalized spacial score (nSPS) is 20.3. The molecule has 0 fully saturated rings. The molecule has 1 aromatic heterocycles. The Labute approximate surface area is 173 Å². The fourth-order valence-corrected chi connectivity index (χ4v) is 3.69. The van der Waals surface area contributed by atoms with E-state index in [1.165, 1.54) is 6.08 Å². The Morgan fingerprint density at radius 3 is 2.80 bits per heavy atom. The first-order valence-corrected chi connectivity index (χ1v) is 9.53. The summed E-state index contributed by atoms with van der Waals surface area (Å²) in [6, 6.07) is 9.11. The number of aromatic nitrogens is 3. The summed E-state index contributed by atoms with van der Waals surface area (Å²) in [6.45, 7) is 6.10. The van der Waals surface area contributed by atoms with Crippen molar-refractivity contribution < 1.29 is 9.53 Å². The zero-order chi connectivity index (χ0) is 21.5. The van der Waals surface area contributed by atoms with Gasteiger partial charge in [0.1, 0.15) is 18.4 Å². The summed E-state index contributed by atoms with van der Waals surface area (Å²) in [5.41, 5.74) is 7.13. The molecule has 1 atom stereocenters. The zero-order valence-electron chi connectivity index (χ0n) is 17.0. The molecule has 1 aromatic carbocycles. The van der Waals surface area contributed by atoms with Gasteiger partial charge in [-0.3, -0.25) is 4.79 Å². The summed E-state index contributed by atoms with van der Waals surface area (Å²) in [7, 11) is 0. The number of hydrogen-bond acceptors (Lipinski definition) is 9. The van der Waals surface area contributed by atoms with Crippen LogP contribution in [0.4, 0.5) is 11.9 Å². The predicted octanol–water partition coefficient (Wildman–Crippen LogP) is 2.62. The number of nitrogen functional groups attached to an aromatic ring is 1. The molecule has 0 radical (unpaired) electrons. The molecule has 2 aliphatic rings. The van der Waals surface area contributed by atoms with E-state index >= 15 is 0 Å². The number of Topliss-reactive ketones (excluding diaryl/α,β-unsaturated/α-hetero) is 1. The van der Waals surface area contributed by atoms with Crippen LogP contribution in [0.3, 0.4) is 0 Å². The SMILES string of the molecule is CC1=NN(c2nc(N)nc(/C(C#N)=C\C3COc4ccccc4C3=O)n2)C(C)(C)C1. The van der Waals surface area contributed by atoms with Crippen LogP contribution in [0.1, 0.15) is 43.4 Å². The predicted molar refractivity (Wildman–Crippen MR) is 112 cm³/mol. The van der Waals surface area contributed by atoms with E-state index in [4.69, 9.17) is 10.5 Å². The van der Waals surface area contributed by atoms with Gasteiger partial charge >= 0.3 is 0 Å². The first-order chi connectivity index (χ1) is 14.3. The summed E-state index contributed by atoms with van der Waals surface area (Å²) in [5.74, 6) is 0.136. The number of ketones is 1. The van der Waals surface area contributed by atoms with E-state index in [1.54, 1.807) is 23.2 Å². The maximum atomic E-state index is 12.8. The van der Waals surface area contributed by atoms with Crippen LogP contribution in [0, 0.1) is 17.2 Å². The second kappa shape index (κ2) is 7.22. The van der Waals surface area contributed by atoms with Crippen LogP contribution in [0.5, 0.6) is 5.75 Å². The molecular formula is C21H21N7O2. The Morgan fingerprint density at radius 2 is 2.10 bits per heavy atom. The average molecular weight is 403 g/mol. The van der Waals surface area contributed by atoms with E-state index in [2.05, 4.69) is 26.1 Å². The first kappa shape index (κ1) is 19.5. The number of rotatable bonds is 3. The molecule has 152 valence electrons. The Morgan fingerprint density at radius 1 is 1.33 bits per heavy atom. The molecule has 9 heteroatoms. The molecular weight excluding hydrogens is 382 g/mol. The third-order valence-corrected chi connectivity index (χ3v) is 5.00. The van der Waals surface area contributed by atoms with Gasteiger partial charge < -0.3 is 10.5 Å². The molecule has 3 heterocycles. The minimum atomic E-state index is -0.625. The van der Waals surface area contributed by atoms with Gasteiger partial charge in [-0.25, -0.2) is 5.01 Å². The van der Waals surface area contributed by atoms with Gasteiger partial charge in [0.2, 0.25) is 5.95 Å². The summed E-state index contributed by atoms with van der Waals surface area (Å²) in [5, 5.41) is 15.9. The molecule has 0 bridgehead atoms. The highest BCUT2D eigenvalue weighted by Gasteiger charge is 2.36. The van der Waals surface area contributed by atoms with Crippen LogP contribution >= 0.6 is 0 Å². The minimum absolute atomic E-state index is 0.0248. The number of allylic oxidation sites excluding steroid dienone is 1. The number of nitrogens with two attached hydrogens (primary N) is 1. The van der Waals surface area contributed by atoms with Crippen LogP contribution in [-0.2, 0) is 0 Å². The molecule has 0 amide bonds. The lowest BCUT2D eigenvalue weighted by Crippen LogP contribution is -2.37. The monoisotopic (exact) mass is 403 g/mol. The van der Waals surface area contributed by atoms with Crippen LogP contribution in [0.15, 0.2) is 35.4 Å². The van der Waals surface area contributed by atoms with Crippen molar-refractivity contribution in [2.75, 3.05) is 17.3 Å². The number of hydrogen-bond donors (Lipinski definition) is 1. The Bertz CT molecular complexity index is 1130. The van der Waals surface area contributed by atoms with Crippen molar-refractivity contribution in [2.24, 2.45) is 11.0 Å². The number of carbonyl (C=O) groups is 1. The third kappa shape index (κ3) is 3.48. The molecule has 4 rings (SSSR count). The highest BCUT2D eigenvalue weighted by molar-refractivity contribution is 6.03. The summed E-state index contributed by atoms with van der Waals surface area (Å²) in [6.07, 6.45) is 2.28. The second-order valence-corrected chi connectivity index (χ2v) is 7.92. The van der Waals surface area contributed by atoms with E-state index in [0.29, 0.717) is 11.3 Å². The number of para-hydroxylation sites is 1. The number of anilines is 2. The highest BCUT2D eigenvalue weighted by Crippen LogP contribution is 2.32. The molecule has 0 spiro atoms. The van der Waals surface area contributed by atoms with Crippen molar-refractivity contribution in [3.8, 4) is 11.8 Å². The minimum Gasteiger partial charge on any atom is -0.492 e. The molecule has 0 saturated carbocycles. The zero-order valence-corrected chi connectivity index (χ0v) is 17.0. The van der Waals surface area contributed by atoms with Crippen molar-refractivity contribution >= 4 is 29.0 Å². The second-order valence-electron chi connectivity index (χ2n) is 7.92. The Hall–Kier alpha value is -3.80. The van der Waals surface area contributed by atoms with Crippen molar-refractivity contribution in [3.05, 3.63) is 41.7 Å². The first-order valence-electron chi connectivity index (χ1n) is 9.53. The number of nitriles is 1. The summed E-state index contributed by atoms with van der Waals surface area (Å²) >= 11 is 0. The number of ether oxygens (including phenoxy) is 1. The van der Waals surface area contributed by atoms with Crippen LogP contribution in [0.25, 0.3) is 5.57 Å².